The van der Waals surface area contributed by atoms with Gasteiger partial charge in [0.05, 0.1) is 12.8 Å². The van der Waals surface area contributed by atoms with E-state index in [1.807, 2.05) is 24.3 Å². The molecule has 0 atom stereocenters. The standard InChI is InChI=1S/C11H16N2O2/c1-9(14)12-7-8-13-10-5-3-4-6-11(10)15-2/h3-6,13H,7-8H2,1-2H3,(H,12,14). The Morgan fingerprint density at radius 3 is 2.73 bits per heavy atom. The van der Waals surface area contributed by atoms with Crippen molar-refractivity contribution in [2.45, 2.75) is 6.92 Å². The zero-order chi connectivity index (χ0) is 11.1. The third-order valence-electron chi connectivity index (χ3n) is 1.92. The fourth-order valence-corrected chi connectivity index (χ4v) is 1.23. The summed E-state index contributed by atoms with van der Waals surface area (Å²) in [5, 5.41) is 5.89. The molecule has 15 heavy (non-hydrogen) atoms. The van der Waals surface area contributed by atoms with E-state index in [4.69, 9.17) is 4.74 Å². The van der Waals surface area contributed by atoms with E-state index >= 15 is 0 Å². The second kappa shape index (κ2) is 5.90. The molecule has 0 radical (unpaired) electrons. The first-order valence-electron chi connectivity index (χ1n) is 4.85. The number of carbonyl (C=O) groups excluding carboxylic acids is 1. The lowest BCUT2D eigenvalue weighted by atomic mass is 10.3. The van der Waals surface area contributed by atoms with Crippen LogP contribution in [0.15, 0.2) is 24.3 Å². The number of para-hydroxylation sites is 2. The van der Waals surface area contributed by atoms with Crippen molar-refractivity contribution >= 4 is 11.6 Å². The highest BCUT2D eigenvalue weighted by atomic mass is 16.5. The zero-order valence-electron chi connectivity index (χ0n) is 9.04. The van der Waals surface area contributed by atoms with E-state index in [0.717, 1.165) is 11.4 Å². The van der Waals surface area contributed by atoms with Crippen LogP contribution in [0.5, 0.6) is 5.75 Å². The van der Waals surface area contributed by atoms with Crippen LogP contribution in [0.3, 0.4) is 0 Å². The quantitative estimate of drug-likeness (QED) is 0.716. The van der Waals surface area contributed by atoms with E-state index in [1.54, 1.807) is 7.11 Å². The van der Waals surface area contributed by atoms with Crippen LogP contribution in [0.4, 0.5) is 5.69 Å². The van der Waals surface area contributed by atoms with Gasteiger partial charge in [-0.05, 0) is 12.1 Å². The third-order valence-corrected chi connectivity index (χ3v) is 1.92. The molecule has 0 aromatic heterocycles. The minimum Gasteiger partial charge on any atom is -0.495 e. The maximum absolute atomic E-state index is 10.6. The highest BCUT2D eigenvalue weighted by Crippen LogP contribution is 2.22. The van der Waals surface area contributed by atoms with Crippen molar-refractivity contribution in [3.63, 3.8) is 0 Å². The van der Waals surface area contributed by atoms with Crippen molar-refractivity contribution in [2.75, 3.05) is 25.5 Å². The molecule has 0 aliphatic carbocycles. The largest absolute Gasteiger partial charge is 0.495 e. The Labute approximate surface area is 89.6 Å². The maximum atomic E-state index is 10.6. The van der Waals surface area contributed by atoms with Gasteiger partial charge in [-0.1, -0.05) is 12.1 Å². The molecule has 0 fully saturated rings. The average molecular weight is 208 g/mol. The summed E-state index contributed by atoms with van der Waals surface area (Å²) in [6, 6.07) is 7.68. The van der Waals surface area contributed by atoms with Crippen LogP contribution in [-0.4, -0.2) is 26.1 Å². The van der Waals surface area contributed by atoms with Gasteiger partial charge in [0.1, 0.15) is 5.75 Å². The summed E-state index contributed by atoms with van der Waals surface area (Å²) in [5.41, 5.74) is 0.936. The first-order valence-corrected chi connectivity index (χ1v) is 4.85. The Morgan fingerprint density at radius 2 is 2.07 bits per heavy atom. The summed E-state index contributed by atoms with van der Waals surface area (Å²) < 4.78 is 5.17. The summed E-state index contributed by atoms with van der Waals surface area (Å²) in [6.07, 6.45) is 0. The molecular formula is C11H16N2O2. The van der Waals surface area contributed by atoms with Crippen molar-refractivity contribution in [3.8, 4) is 5.75 Å². The lowest BCUT2D eigenvalue weighted by Gasteiger charge is -2.10. The highest BCUT2D eigenvalue weighted by Gasteiger charge is 1.99. The lowest BCUT2D eigenvalue weighted by Crippen LogP contribution is -2.26. The third kappa shape index (κ3) is 3.89. The van der Waals surface area contributed by atoms with Crippen molar-refractivity contribution in [3.05, 3.63) is 24.3 Å². The summed E-state index contributed by atoms with van der Waals surface area (Å²) >= 11 is 0. The molecule has 0 aliphatic rings. The topological polar surface area (TPSA) is 50.4 Å². The molecule has 0 unspecified atom stereocenters. The van der Waals surface area contributed by atoms with Crippen LogP contribution >= 0.6 is 0 Å². The van der Waals surface area contributed by atoms with Crippen LogP contribution in [-0.2, 0) is 4.79 Å². The normalized spacial score (nSPS) is 9.47. The minimum atomic E-state index is -0.0168. The number of benzene rings is 1. The Balaban J connectivity index is 2.39. The number of ether oxygens (including phenoxy) is 1. The molecule has 4 heteroatoms. The average Bonchev–Trinajstić information content (AvgIpc) is 2.24. The number of anilines is 1. The molecular weight excluding hydrogens is 192 g/mol. The van der Waals surface area contributed by atoms with E-state index in [9.17, 15) is 4.79 Å². The Kier molecular flexibility index (Phi) is 4.47. The van der Waals surface area contributed by atoms with Crippen LogP contribution < -0.4 is 15.4 Å². The number of rotatable bonds is 5. The van der Waals surface area contributed by atoms with Crippen molar-refractivity contribution in [2.24, 2.45) is 0 Å². The van der Waals surface area contributed by atoms with Gasteiger partial charge >= 0.3 is 0 Å². The first kappa shape index (κ1) is 11.4. The van der Waals surface area contributed by atoms with E-state index < -0.39 is 0 Å². The molecule has 0 saturated carbocycles. The minimum absolute atomic E-state index is 0.0168. The first-order chi connectivity index (χ1) is 7.24. The van der Waals surface area contributed by atoms with Crippen LogP contribution in [0.25, 0.3) is 0 Å². The van der Waals surface area contributed by atoms with Gasteiger partial charge in [0.25, 0.3) is 0 Å². The number of methoxy groups -OCH3 is 1. The summed E-state index contributed by atoms with van der Waals surface area (Å²) in [6.45, 7) is 2.79. The number of carbonyl (C=O) groups is 1. The lowest BCUT2D eigenvalue weighted by molar-refractivity contribution is -0.118. The Morgan fingerprint density at radius 1 is 1.33 bits per heavy atom. The van der Waals surface area contributed by atoms with Crippen molar-refractivity contribution in [1.82, 2.24) is 5.32 Å². The van der Waals surface area contributed by atoms with Gasteiger partial charge in [-0.25, -0.2) is 0 Å². The molecule has 82 valence electrons. The Bertz CT molecular complexity index is 326. The zero-order valence-corrected chi connectivity index (χ0v) is 9.04. The fourth-order valence-electron chi connectivity index (χ4n) is 1.23. The summed E-state index contributed by atoms with van der Waals surface area (Å²) in [5.74, 6) is 0.789. The van der Waals surface area contributed by atoms with Gasteiger partial charge in [0.15, 0.2) is 0 Å². The van der Waals surface area contributed by atoms with E-state index in [2.05, 4.69) is 10.6 Å². The summed E-state index contributed by atoms with van der Waals surface area (Å²) in [4.78, 5) is 10.6. The summed E-state index contributed by atoms with van der Waals surface area (Å²) in [7, 11) is 1.63. The van der Waals surface area contributed by atoms with Crippen LogP contribution in [0.1, 0.15) is 6.92 Å². The highest BCUT2D eigenvalue weighted by molar-refractivity contribution is 5.72. The van der Waals surface area contributed by atoms with Crippen molar-refractivity contribution < 1.29 is 9.53 Å². The Hall–Kier alpha value is -1.71. The number of nitrogens with one attached hydrogen (secondary N) is 2. The second-order valence-electron chi connectivity index (χ2n) is 3.11. The predicted octanol–water partition coefficient (Wildman–Crippen LogP) is 1.24. The van der Waals surface area contributed by atoms with Gasteiger partial charge in [0.2, 0.25) is 5.91 Å². The van der Waals surface area contributed by atoms with Gasteiger partial charge in [-0.2, -0.15) is 0 Å². The van der Waals surface area contributed by atoms with E-state index in [-0.39, 0.29) is 5.91 Å². The van der Waals surface area contributed by atoms with Crippen LogP contribution in [0.2, 0.25) is 0 Å². The molecule has 0 bridgehead atoms. The van der Waals surface area contributed by atoms with Crippen LogP contribution in [0, 0.1) is 0 Å². The SMILES string of the molecule is COc1ccccc1NCCNC(C)=O. The second-order valence-corrected chi connectivity index (χ2v) is 3.11. The molecule has 0 saturated heterocycles. The number of hydrogen-bond donors (Lipinski definition) is 2. The molecule has 1 aromatic rings. The molecule has 4 nitrogen and oxygen atoms in total. The molecule has 2 N–H and O–H groups in total. The van der Waals surface area contributed by atoms with Gasteiger partial charge in [-0.15, -0.1) is 0 Å². The predicted molar refractivity (Wildman–Crippen MR) is 60.2 cm³/mol. The molecule has 0 heterocycles. The smallest absolute Gasteiger partial charge is 0.216 e. The van der Waals surface area contributed by atoms with Crippen molar-refractivity contribution in [1.29, 1.82) is 0 Å². The van der Waals surface area contributed by atoms with Gasteiger partial charge in [-0.3, -0.25) is 4.79 Å². The number of hydrogen-bond acceptors (Lipinski definition) is 3. The molecule has 1 aromatic carbocycles. The maximum Gasteiger partial charge on any atom is 0.216 e. The molecule has 1 rings (SSSR count). The van der Waals surface area contributed by atoms with E-state index in [1.165, 1.54) is 6.92 Å². The number of amides is 1. The van der Waals surface area contributed by atoms with Gasteiger partial charge in [0, 0.05) is 20.0 Å². The monoisotopic (exact) mass is 208 g/mol. The van der Waals surface area contributed by atoms with Gasteiger partial charge < -0.3 is 15.4 Å². The molecule has 1 amide bonds. The fraction of sp³-hybridized carbons (Fsp3) is 0.364. The molecule has 0 spiro atoms. The molecule has 0 aliphatic heterocycles. The van der Waals surface area contributed by atoms with E-state index in [0.29, 0.717) is 13.1 Å².